The molecule has 1 aliphatic rings. The molecule has 0 fully saturated rings. The molecular formula is C26H21F2N5O. The number of rotatable bonds is 4. The summed E-state index contributed by atoms with van der Waals surface area (Å²) in [5.74, 6) is -1.65. The Morgan fingerprint density at radius 1 is 1.09 bits per heavy atom. The largest absolute Gasteiger partial charge is 0.398 e. The van der Waals surface area contributed by atoms with Crippen LogP contribution >= 0.6 is 0 Å². The summed E-state index contributed by atoms with van der Waals surface area (Å²) in [6.07, 6.45) is 7.94. The maximum Gasteiger partial charge on any atom is 0.282 e. The molecular weight excluding hydrogens is 436 g/mol. The van der Waals surface area contributed by atoms with Gasteiger partial charge in [-0.3, -0.25) is 9.69 Å². The van der Waals surface area contributed by atoms with Gasteiger partial charge >= 0.3 is 0 Å². The first kappa shape index (κ1) is 22.7. The third-order valence-corrected chi connectivity index (χ3v) is 5.35. The first-order valence-electron chi connectivity index (χ1n) is 10.5. The minimum Gasteiger partial charge on any atom is -0.398 e. The summed E-state index contributed by atoms with van der Waals surface area (Å²) in [4.78, 5) is 14.4. The highest BCUT2D eigenvalue weighted by molar-refractivity contribution is 5.95. The average Bonchev–Trinajstić information content (AvgIpc) is 3.13. The molecule has 0 atom stereocenters. The Morgan fingerprint density at radius 2 is 1.88 bits per heavy atom. The predicted molar refractivity (Wildman–Crippen MR) is 124 cm³/mol. The molecule has 0 bridgehead atoms. The minimum atomic E-state index is -0.728. The molecule has 2 N–H and O–H groups in total. The second-order valence-electron chi connectivity index (χ2n) is 8.04. The first-order chi connectivity index (χ1) is 16.3. The third kappa shape index (κ3) is 4.36. The molecule has 0 radical (unpaired) electrons. The van der Waals surface area contributed by atoms with E-state index in [1.54, 1.807) is 36.4 Å². The number of allylic oxidation sites excluding steroid dienone is 3. The van der Waals surface area contributed by atoms with Crippen molar-refractivity contribution in [3.8, 4) is 23.0 Å². The second-order valence-corrected chi connectivity index (χ2v) is 8.04. The zero-order chi connectivity index (χ0) is 24.4. The quantitative estimate of drug-likeness (QED) is 0.588. The Bertz CT molecular complexity index is 1410. The zero-order valence-electron chi connectivity index (χ0n) is 18.5. The van der Waals surface area contributed by atoms with E-state index in [2.05, 4.69) is 5.10 Å². The molecule has 2 aromatic carbocycles. The summed E-state index contributed by atoms with van der Waals surface area (Å²) in [7, 11) is 0. The lowest BCUT2D eigenvalue weighted by Crippen LogP contribution is -2.22. The van der Waals surface area contributed by atoms with Gasteiger partial charge in [-0.2, -0.15) is 10.4 Å². The van der Waals surface area contributed by atoms with Crippen LogP contribution in [-0.4, -0.2) is 20.6 Å². The number of hydrogen-bond acceptors (Lipinski definition) is 4. The molecule has 0 spiro atoms. The molecule has 4 rings (SSSR count). The number of halogens is 2. The zero-order valence-corrected chi connectivity index (χ0v) is 18.5. The van der Waals surface area contributed by atoms with Crippen molar-refractivity contribution >= 4 is 5.91 Å². The molecule has 0 unspecified atom stereocenters. The standard InChI is InChI=1S/C26H21F2N5O/c1-16(2)17-8-9-24(22(28)11-17)33-25(18-6-7-19(14-29)21(27)12-18)13-23(31-33)26(34)32-10-4-3-5-20(30)15-32/h3-13,15-16H,30H2,1-2H3. The first-order valence-corrected chi connectivity index (χ1v) is 10.5. The lowest BCUT2D eigenvalue weighted by Gasteiger charge is -2.12. The van der Waals surface area contributed by atoms with E-state index < -0.39 is 17.5 Å². The monoisotopic (exact) mass is 457 g/mol. The highest BCUT2D eigenvalue weighted by Gasteiger charge is 2.22. The van der Waals surface area contributed by atoms with Crippen molar-refractivity contribution in [2.75, 3.05) is 0 Å². The molecule has 6 nitrogen and oxygen atoms in total. The number of carbonyl (C=O) groups is 1. The summed E-state index contributed by atoms with van der Waals surface area (Å²) in [5.41, 5.74) is 7.63. The number of aromatic nitrogens is 2. The number of nitriles is 1. The van der Waals surface area contributed by atoms with Crippen LogP contribution in [0.1, 0.15) is 41.4 Å². The van der Waals surface area contributed by atoms with Gasteiger partial charge in [0.25, 0.3) is 5.91 Å². The Labute approximate surface area is 195 Å². The number of carbonyl (C=O) groups excluding carboxylic acids is 1. The summed E-state index contributed by atoms with van der Waals surface area (Å²) in [6.45, 7) is 3.90. The maximum atomic E-state index is 15.1. The van der Waals surface area contributed by atoms with E-state index in [4.69, 9.17) is 11.0 Å². The number of hydrogen-bond donors (Lipinski definition) is 1. The van der Waals surface area contributed by atoms with Crippen LogP contribution in [-0.2, 0) is 0 Å². The fourth-order valence-corrected chi connectivity index (χ4v) is 3.51. The summed E-state index contributed by atoms with van der Waals surface area (Å²) < 4.78 is 30.8. The Hall–Kier alpha value is -4.51. The van der Waals surface area contributed by atoms with Crippen LogP contribution in [0.5, 0.6) is 0 Å². The van der Waals surface area contributed by atoms with Crippen LogP contribution in [0.4, 0.5) is 8.78 Å². The fraction of sp³-hybridized carbons (Fsp3) is 0.115. The van der Waals surface area contributed by atoms with E-state index >= 15 is 4.39 Å². The topological polar surface area (TPSA) is 87.9 Å². The SMILES string of the molecule is CC(C)c1ccc(-n2nc(C(=O)N3C=CC=CC(N)=C3)cc2-c2ccc(C#N)c(F)c2)c(F)c1. The highest BCUT2D eigenvalue weighted by atomic mass is 19.1. The molecule has 0 aliphatic carbocycles. The van der Waals surface area contributed by atoms with Gasteiger partial charge in [-0.15, -0.1) is 0 Å². The van der Waals surface area contributed by atoms with E-state index in [0.717, 1.165) is 11.6 Å². The van der Waals surface area contributed by atoms with E-state index in [1.807, 2.05) is 13.8 Å². The Morgan fingerprint density at radius 3 is 2.56 bits per heavy atom. The number of nitrogens with zero attached hydrogens (tertiary/aromatic N) is 4. The van der Waals surface area contributed by atoms with E-state index in [-0.39, 0.29) is 28.6 Å². The fourth-order valence-electron chi connectivity index (χ4n) is 3.51. The van der Waals surface area contributed by atoms with Gasteiger partial charge in [-0.1, -0.05) is 32.1 Å². The molecule has 8 heteroatoms. The smallest absolute Gasteiger partial charge is 0.282 e. The predicted octanol–water partition coefficient (Wildman–Crippen LogP) is 5.14. The summed E-state index contributed by atoms with van der Waals surface area (Å²) >= 11 is 0. The highest BCUT2D eigenvalue weighted by Crippen LogP contribution is 2.29. The van der Waals surface area contributed by atoms with Crippen molar-refractivity contribution in [1.29, 1.82) is 5.26 Å². The van der Waals surface area contributed by atoms with E-state index in [9.17, 15) is 9.18 Å². The van der Waals surface area contributed by atoms with E-state index in [1.165, 1.54) is 46.2 Å². The normalized spacial score (nSPS) is 13.1. The van der Waals surface area contributed by atoms with Crippen LogP contribution < -0.4 is 5.73 Å². The molecule has 3 aromatic rings. The van der Waals surface area contributed by atoms with Crippen molar-refractivity contribution in [2.45, 2.75) is 19.8 Å². The number of benzene rings is 2. The summed E-state index contributed by atoms with van der Waals surface area (Å²) in [6, 6.07) is 12.0. The van der Waals surface area contributed by atoms with E-state index in [0.29, 0.717) is 11.3 Å². The molecule has 34 heavy (non-hydrogen) atoms. The minimum absolute atomic E-state index is 0.00250. The average molecular weight is 457 g/mol. The van der Waals surface area contributed by atoms with Gasteiger partial charge < -0.3 is 5.73 Å². The van der Waals surface area contributed by atoms with Crippen LogP contribution in [0.15, 0.2) is 78.8 Å². The Balaban J connectivity index is 1.87. The lowest BCUT2D eigenvalue weighted by atomic mass is 10.0. The van der Waals surface area contributed by atoms with Crippen molar-refractivity contribution in [1.82, 2.24) is 14.7 Å². The van der Waals surface area contributed by atoms with Crippen molar-refractivity contribution in [3.05, 3.63) is 107 Å². The van der Waals surface area contributed by atoms with Gasteiger partial charge in [0.1, 0.15) is 23.4 Å². The van der Waals surface area contributed by atoms with Crippen LogP contribution in [0.3, 0.4) is 0 Å². The summed E-state index contributed by atoms with van der Waals surface area (Å²) in [5, 5.41) is 13.4. The molecule has 2 heterocycles. The second kappa shape index (κ2) is 9.16. The van der Waals surface area contributed by atoms with Gasteiger partial charge in [-0.05, 0) is 54.0 Å². The van der Waals surface area contributed by atoms with Crippen molar-refractivity contribution in [3.63, 3.8) is 0 Å². The van der Waals surface area contributed by atoms with Gasteiger partial charge in [0, 0.05) is 23.7 Å². The maximum absolute atomic E-state index is 15.1. The molecule has 170 valence electrons. The lowest BCUT2D eigenvalue weighted by molar-refractivity contribution is 0.0863. The van der Waals surface area contributed by atoms with Gasteiger partial charge in [0.05, 0.1) is 11.3 Å². The van der Waals surface area contributed by atoms with Crippen molar-refractivity contribution in [2.24, 2.45) is 5.73 Å². The van der Waals surface area contributed by atoms with Crippen LogP contribution in [0.25, 0.3) is 16.9 Å². The van der Waals surface area contributed by atoms with Gasteiger partial charge in [-0.25, -0.2) is 13.5 Å². The molecule has 0 saturated carbocycles. The molecule has 0 saturated heterocycles. The molecule has 1 aliphatic heterocycles. The molecule has 1 amide bonds. The van der Waals surface area contributed by atoms with Crippen LogP contribution in [0.2, 0.25) is 0 Å². The van der Waals surface area contributed by atoms with Gasteiger partial charge in [0.2, 0.25) is 0 Å². The Kier molecular flexibility index (Phi) is 6.11. The van der Waals surface area contributed by atoms with Crippen molar-refractivity contribution < 1.29 is 13.6 Å². The number of nitrogens with two attached hydrogens (primary N) is 1. The number of amides is 1. The van der Waals surface area contributed by atoms with Gasteiger partial charge in [0.15, 0.2) is 5.69 Å². The third-order valence-electron chi connectivity index (χ3n) is 5.35. The molecule has 1 aromatic heterocycles. The van der Waals surface area contributed by atoms with Crippen LogP contribution in [0, 0.1) is 23.0 Å².